The van der Waals surface area contributed by atoms with E-state index in [1.165, 1.54) is 11.6 Å². The van der Waals surface area contributed by atoms with E-state index in [1.807, 2.05) is 0 Å². The van der Waals surface area contributed by atoms with E-state index in [9.17, 15) is 4.39 Å². The van der Waals surface area contributed by atoms with Crippen LogP contribution in [0.4, 0.5) is 4.39 Å². The number of rotatable bonds is 3. The Morgan fingerprint density at radius 1 is 1.73 bits per heavy atom. The molecule has 11 heavy (non-hydrogen) atoms. The second kappa shape index (κ2) is 3.38. The zero-order valence-corrected chi connectivity index (χ0v) is 6.24. The lowest BCUT2D eigenvalue weighted by Gasteiger charge is -2.01. The molecular weight excluding hydrogens is 149 g/mol. The van der Waals surface area contributed by atoms with Gasteiger partial charge in [0.15, 0.2) is 5.82 Å². The summed E-state index contributed by atoms with van der Waals surface area (Å²) in [6, 6.07) is 0. The number of aromatic nitrogens is 4. The summed E-state index contributed by atoms with van der Waals surface area (Å²) in [6.45, 7) is 1.85. The first-order chi connectivity index (χ1) is 5.24. The molecular formula is C5H10FN5. The molecule has 0 bridgehead atoms. The van der Waals surface area contributed by atoms with Gasteiger partial charge in [0.25, 0.3) is 0 Å². The number of hydrogen-bond acceptors (Lipinski definition) is 4. The van der Waals surface area contributed by atoms with Crippen molar-refractivity contribution in [3.8, 4) is 0 Å². The lowest BCUT2D eigenvalue weighted by Crippen LogP contribution is -2.15. The first kappa shape index (κ1) is 8.06. The average molecular weight is 159 g/mol. The van der Waals surface area contributed by atoms with Gasteiger partial charge in [-0.2, -0.15) is 0 Å². The monoisotopic (exact) mass is 159 g/mol. The first-order valence-electron chi connectivity index (χ1n) is 3.33. The lowest BCUT2D eigenvalue weighted by atomic mass is 10.4. The summed E-state index contributed by atoms with van der Waals surface area (Å²) in [5.41, 5.74) is 5.29. The van der Waals surface area contributed by atoms with Gasteiger partial charge in [0.2, 0.25) is 0 Å². The van der Waals surface area contributed by atoms with Crippen molar-refractivity contribution in [2.24, 2.45) is 5.73 Å². The second-order valence-electron chi connectivity index (χ2n) is 2.26. The number of halogens is 1. The molecule has 0 saturated carbocycles. The highest BCUT2D eigenvalue weighted by Crippen LogP contribution is 1.95. The SMILES string of the molecule is CC(F)Cn1nnnc1CN. The zero-order chi connectivity index (χ0) is 8.27. The fraction of sp³-hybridized carbons (Fsp3) is 0.800. The minimum atomic E-state index is -0.955. The topological polar surface area (TPSA) is 69.6 Å². The molecule has 0 aliphatic rings. The van der Waals surface area contributed by atoms with Gasteiger partial charge in [-0.05, 0) is 17.4 Å². The Kier molecular flexibility index (Phi) is 2.48. The molecule has 0 amide bonds. The van der Waals surface area contributed by atoms with E-state index in [0.717, 1.165) is 0 Å². The van der Waals surface area contributed by atoms with Gasteiger partial charge in [0.1, 0.15) is 6.17 Å². The van der Waals surface area contributed by atoms with E-state index in [2.05, 4.69) is 15.5 Å². The molecule has 1 atom stereocenters. The summed E-state index contributed by atoms with van der Waals surface area (Å²) in [6.07, 6.45) is -0.955. The maximum atomic E-state index is 12.4. The van der Waals surface area contributed by atoms with E-state index in [-0.39, 0.29) is 13.1 Å². The van der Waals surface area contributed by atoms with Crippen LogP contribution in [0.1, 0.15) is 12.7 Å². The minimum absolute atomic E-state index is 0.166. The van der Waals surface area contributed by atoms with Gasteiger partial charge in [-0.1, -0.05) is 0 Å². The van der Waals surface area contributed by atoms with Crippen LogP contribution < -0.4 is 5.73 Å². The van der Waals surface area contributed by atoms with Crippen molar-refractivity contribution in [1.29, 1.82) is 0 Å². The molecule has 1 aromatic rings. The van der Waals surface area contributed by atoms with Gasteiger partial charge in [-0.3, -0.25) is 0 Å². The van der Waals surface area contributed by atoms with E-state index >= 15 is 0 Å². The Morgan fingerprint density at radius 2 is 2.45 bits per heavy atom. The average Bonchev–Trinajstić information content (AvgIpc) is 2.34. The fourth-order valence-corrected chi connectivity index (χ4v) is 0.750. The lowest BCUT2D eigenvalue weighted by molar-refractivity contribution is 0.303. The highest BCUT2D eigenvalue weighted by Gasteiger charge is 2.06. The van der Waals surface area contributed by atoms with Crippen molar-refractivity contribution >= 4 is 0 Å². The van der Waals surface area contributed by atoms with E-state index < -0.39 is 6.17 Å². The van der Waals surface area contributed by atoms with Crippen molar-refractivity contribution in [3.63, 3.8) is 0 Å². The molecule has 1 rings (SSSR count). The molecule has 0 aromatic carbocycles. The van der Waals surface area contributed by atoms with Crippen molar-refractivity contribution in [3.05, 3.63) is 5.82 Å². The van der Waals surface area contributed by atoms with Crippen LogP contribution in [0.15, 0.2) is 0 Å². The summed E-state index contributed by atoms with van der Waals surface area (Å²) in [7, 11) is 0. The van der Waals surface area contributed by atoms with Crippen LogP contribution in [0.5, 0.6) is 0 Å². The molecule has 6 heteroatoms. The Labute approximate surface area is 63.4 Å². The third-order valence-electron chi connectivity index (χ3n) is 1.21. The van der Waals surface area contributed by atoms with Gasteiger partial charge in [0.05, 0.1) is 13.1 Å². The van der Waals surface area contributed by atoms with E-state index in [1.54, 1.807) is 0 Å². The van der Waals surface area contributed by atoms with E-state index in [4.69, 9.17) is 5.73 Å². The van der Waals surface area contributed by atoms with Crippen molar-refractivity contribution in [1.82, 2.24) is 20.2 Å². The molecule has 5 nitrogen and oxygen atoms in total. The predicted molar refractivity (Wildman–Crippen MR) is 36.3 cm³/mol. The highest BCUT2D eigenvalue weighted by molar-refractivity contribution is 4.78. The second-order valence-corrected chi connectivity index (χ2v) is 2.26. The fourth-order valence-electron chi connectivity index (χ4n) is 0.750. The van der Waals surface area contributed by atoms with Crippen LogP contribution in [-0.4, -0.2) is 26.4 Å². The van der Waals surface area contributed by atoms with Gasteiger partial charge in [-0.25, -0.2) is 9.07 Å². The largest absolute Gasteiger partial charge is 0.324 e. The summed E-state index contributed by atoms with van der Waals surface area (Å²) in [5, 5.41) is 10.5. The molecule has 0 radical (unpaired) electrons. The molecule has 1 aromatic heterocycles. The highest BCUT2D eigenvalue weighted by atomic mass is 19.1. The molecule has 62 valence electrons. The number of nitrogens with zero attached hydrogens (tertiary/aromatic N) is 4. The van der Waals surface area contributed by atoms with Crippen molar-refractivity contribution in [2.75, 3.05) is 0 Å². The summed E-state index contributed by atoms with van der Waals surface area (Å²) < 4.78 is 13.8. The predicted octanol–water partition coefficient (Wildman–Crippen LogP) is -0.510. The van der Waals surface area contributed by atoms with Crippen LogP contribution in [0, 0.1) is 0 Å². The van der Waals surface area contributed by atoms with Crippen LogP contribution in [0.25, 0.3) is 0 Å². The number of nitrogens with two attached hydrogens (primary N) is 1. The summed E-state index contributed by atoms with van der Waals surface area (Å²) in [5.74, 6) is 0.509. The van der Waals surface area contributed by atoms with Crippen LogP contribution in [0.2, 0.25) is 0 Å². The molecule has 0 saturated heterocycles. The van der Waals surface area contributed by atoms with Crippen molar-refractivity contribution < 1.29 is 4.39 Å². The Morgan fingerprint density at radius 3 is 3.00 bits per heavy atom. The summed E-state index contributed by atoms with van der Waals surface area (Å²) in [4.78, 5) is 0. The Bertz CT molecular complexity index is 220. The standard InChI is InChI=1S/C5H10FN5/c1-4(6)3-11-5(2-7)8-9-10-11/h4H,2-3,7H2,1H3. The van der Waals surface area contributed by atoms with Gasteiger partial charge in [-0.15, -0.1) is 5.10 Å². The quantitative estimate of drug-likeness (QED) is 0.644. The minimum Gasteiger partial charge on any atom is -0.324 e. The molecule has 1 unspecified atom stereocenters. The van der Waals surface area contributed by atoms with Crippen LogP contribution in [-0.2, 0) is 13.1 Å². The third kappa shape index (κ3) is 1.94. The number of hydrogen-bond donors (Lipinski definition) is 1. The molecule has 0 spiro atoms. The number of tetrazole rings is 1. The maximum Gasteiger partial charge on any atom is 0.164 e. The van der Waals surface area contributed by atoms with Gasteiger partial charge < -0.3 is 5.73 Å². The zero-order valence-electron chi connectivity index (χ0n) is 6.24. The third-order valence-corrected chi connectivity index (χ3v) is 1.21. The van der Waals surface area contributed by atoms with Gasteiger partial charge in [0, 0.05) is 0 Å². The normalized spacial score (nSPS) is 13.4. The molecule has 1 heterocycles. The van der Waals surface area contributed by atoms with Crippen LogP contribution in [0.3, 0.4) is 0 Å². The maximum absolute atomic E-state index is 12.4. The summed E-state index contributed by atoms with van der Waals surface area (Å²) >= 11 is 0. The van der Waals surface area contributed by atoms with Crippen molar-refractivity contribution in [2.45, 2.75) is 26.2 Å². The number of alkyl halides is 1. The smallest absolute Gasteiger partial charge is 0.164 e. The first-order valence-corrected chi connectivity index (χ1v) is 3.33. The van der Waals surface area contributed by atoms with Gasteiger partial charge >= 0.3 is 0 Å². The molecule has 0 aliphatic heterocycles. The van der Waals surface area contributed by atoms with Crippen LogP contribution >= 0.6 is 0 Å². The Hall–Kier alpha value is -1.04. The molecule has 0 fully saturated rings. The molecule has 0 aliphatic carbocycles. The Balaban J connectivity index is 2.68. The molecule has 2 N–H and O–H groups in total. The van der Waals surface area contributed by atoms with E-state index in [0.29, 0.717) is 5.82 Å².